The maximum Gasteiger partial charge on any atom is 2.00 e. The number of fused-ring (bicyclic) bond motifs is 2. The maximum atomic E-state index is 5.34. The van der Waals surface area contributed by atoms with Crippen LogP contribution >= 0.6 is 0 Å². The number of nitrogens with zero attached hydrogens (tertiary/aromatic N) is 4. The van der Waals surface area contributed by atoms with E-state index in [1.54, 1.807) is 0 Å². The van der Waals surface area contributed by atoms with Crippen LogP contribution in [0.25, 0.3) is 0 Å². The van der Waals surface area contributed by atoms with E-state index in [-0.39, 0.29) is 17.1 Å². The predicted molar refractivity (Wildman–Crippen MR) is 183 cm³/mol. The summed E-state index contributed by atoms with van der Waals surface area (Å²) in [6.45, 7) is 0. The molecule has 1 aliphatic rings. The zero-order valence-corrected chi connectivity index (χ0v) is 25.2. The van der Waals surface area contributed by atoms with Crippen molar-refractivity contribution in [3.63, 3.8) is 0 Å². The fraction of sp³-hybridized carbons (Fsp3) is 0. The first kappa shape index (κ1) is 29.6. The first-order valence-corrected chi connectivity index (χ1v) is 14.6. The maximum absolute atomic E-state index is 5.34. The Balaban J connectivity index is 0.00000357. The van der Waals surface area contributed by atoms with Crippen molar-refractivity contribution in [3.8, 4) is 0 Å². The summed E-state index contributed by atoms with van der Waals surface area (Å²) in [6, 6.07) is 56.8. The number of aliphatic imine (C=N–C) groups is 4. The van der Waals surface area contributed by atoms with E-state index >= 15 is 0 Å². The van der Waals surface area contributed by atoms with Gasteiger partial charge in [-0.1, -0.05) is 146 Å². The van der Waals surface area contributed by atoms with Gasteiger partial charge in [-0.15, -0.1) is 0 Å². The summed E-state index contributed by atoms with van der Waals surface area (Å²) in [7, 11) is 0. The van der Waals surface area contributed by atoms with Crippen molar-refractivity contribution in [1.29, 1.82) is 0 Å². The van der Waals surface area contributed by atoms with Gasteiger partial charge in [-0.25, -0.2) is 20.0 Å². The number of hydrogen-bond donors (Lipinski definition) is 0. The van der Waals surface area contributed by atoms with Gasteiger partial charge >= 0.3 is 17.1 Å². The van der Waals surface area contributed by atoms with Gasteiger partial charge < -0.3 is 0 Å². The van der Waals surface area contributed by atoms with Crippen molar-refractivity contribution in [2.75, 3.05) is 0 Å². The van der Waals surface area contributed by atoms with E-state index < -0.39 is 0 Å². The van der Waals surface area contributed by atoms with E-state index in [2.05, 4.69) is 48.5 Å². The monoisotopic (exact) mass is 627 g/mol. The summed E-state index contributed by atoms with van der Waals surface area (Å²) in [4.78, 5) is 21.4. The average Bonchev–Trinajstić information content (AvgIpc) is 3.10. The SMILES string of the molecule is [Cu+2].c1ccc(C2=Nc3ccccc3N=C(c3ccccc3)C(c3ccccc3)=Nc3ccccc3N=C2c2ccccc2)cc1. The van der Waals surface area contributed by atoms with Crippen LogP contribution in [-0.4, -0.2) is 22.8 Å². The van der Waals surface area contributed by atoms with Gasteiger partial charge in [0.15, 0.2) is 0 Å². The van der Waals surface area contributed by atoms with Crippen LogP contribution < -0.4 is 0 Å². The Hall–Kier alpha value is -5.48. The van der Waals surface area contributed by atoms with Crippen LogP contribution in [0.1, 0.15) is 22.3 Å². The Morgan fingerprint density at radius 3 is 0.600 bits per heavy atom. The van der Waals surface area contributed by atoms with Crippen molar-refractivity contribution in [2.45, 2.75) is 0 Å². The third-order valence-corrected chi connectivity index (χ3v) is 7.33. The Morgan fingerprint density at radius 1 is 0.222 bits per heavy atom. The predicted octanol–water partition coefficient (Wildman–Crippen LogP) is 9.88. The van der Waals surface area contributed by atoms with Crippen LogP contribution in [0.3, 0.4) is 0 Å². The van der Waals surface area contributed by atoms with Gasteiger partial charge in [0.1, 0.15) is 0 Å². The quantitative estimate of drug-likeness (QED) is 0.175. The summed E-state index contributed by atoms with van der Waals surface area (Å²) < 4.78 is 0. The molecule has 0 unspecified atom stereocenters. The molecule has 0 spiro atoms. The molecule has 0 amide bonds. The first-order chi connectivity index (χ1) is 21.8. The van der Waals surface area contributed by atoms with Gasteiger partial charge in [0.2, 0.25) is 0 Å². The minimum absolute atomic E-state index is 0. The smallest absolute Gasteiger partial charge is 0.244 e. The minimum atomic E-state index is 0. The van der Waals surface area contributed by atoms with Gasteiger partial charge in [0.05, 0.1) is 45.6 Å². The molecule has 217 valence electrons. The molecule has 1 aliphatic heterocycles. The summed E-state index contributed by atoms with van der Waals surface area (Å²) in [6.07, 6.45) is 0. The van der Waals surface area contributed by atoms with Crippen LogP contribution in [0.4, 0.5) is 22.7 Å². The number of benzene rings is 6. The molecular weight excluding hydrogens is 600 g/mol. The molecular formula is C40H28CuN4+2. The standard InChI is InChI=1S/C40H28N4.Cu/c1-5-17-29(18-6-1)37-38(30-19-7-2-8-20-30)42-35-27-15-16-28-36(35)44-40(32-23-11-4-12-24-32)39(31-21-9-3-10-22-31)43-34-26-14-13-25-33(34)41-37;/h1-28H;/q;+2. The minimum Gasteiger partial charge on any atom is -0.244 e. The molecule has 1 radical (unpaired) electrons. The Kier molecular flexibility index (Phi) is 9.12. The van der Waals surface area contributed by atoms with Crippen LogP contribution in [0.2, 0.25) is 0 Å². The first-order valence-electron chi connectivity index (χ1n) is 14.6. The van der Waals surface area contributed by atoms with Crippen molar-refractivity contribution in [2.24, 2.45) is 20.0 Å². The number of rotatable bonds is 4. The molecule has 7 rings (SSSR count). The molecule has 6 aromatic rings. The number of para-hydroxylation sites is 4. The van der Waals surface area contributed by atoms with Crippen LogP contribution in [0, 0.1) is 0 Å². The van der Waals surface area contributed by atoms with E-state index in [0.717, 1.165) is 67.9 Å². The van der Waals surface area contributed by atoms with Crippen LogP contribution in [0.5, 0.6) is 0 Å². The second-order valence-electron chi connectivity index (χ2n) is 10.3. The van der Waals surface area contributed by atoms with Crippen LogP contribution in [-0.2, 0) is 17.1 Å². The summed E-state index contributed by atoms with van der Waals surface area (Å²) in [5.41, 5.74) is 9.81. The van der Waals surface area contributed by atoms with E-state index in [1.165, 1.54) is 0 Å². The zero-order chi connectivity index (χ0) is 29.6. The van der Waals surface area contributed by atoms with E-state index in [0.29, 0.717) is 0 Å². The molecule has 0 atom stereocenters. The summed E-state index contributed by atoms with van der Waals surface area (Å²) in [5.74, 6) is 0. The normalized spacial score (nSPS) is 12.8. The van der Waals surface area contributed by atoms with E-state index in [4.69, 9.17) is 20.0 Å². The average molecular weight is 628 g/mol. The third-order valence-electron chi connectivity index (χ3n) is 7.33. The zero-order valence-electron chi connectivity index (χ0n) is 24.3. The topological polar surface area (TPSA) is 49.4 Å². The molecule has 6 aromatic carbocycles. The Morgan fingerprint density at radius 2 is 0.400 bits per heavy atom. The third kappa shape index (κ3) is 6.56. The molecule has 0 bridgehead atoms. The van der Waals surface area contributed by atoms with Gasteiger partial charge in [0.25, 0.3) is 0 Å². The second kappa shape index (κ2) is 13.9. The van der Waals surface area contributed by atoms with Crippen molar-refractivity contribution in [3.05, 3.63) is 192 Å². The van der Waals surface area contributed by atoms with Gasteiger partial charge in [-0.2, -0.15) is 0 Å². The molecule has 0 N–H and O–H groups in total. The molecule has 0 aliphatic carbocycles. The van der Waals surface area contributed by atoms with E-state index in [1.807, 2.05) is 121 Å². The fourth-order valence-corrected chi connectivity index (χ4v) is 5.19. The Labute approximate surface area is 273 Å². The molecule has 4 nitrogen and oxygen atoms in total. The number of hydrogen-bond acceptors (Lipinski definition) is 4. The summed E-state index contributed by atoms with van der Waals surface area (Å²) in [5, 5.41) is 0. The van der Waals surface area contributed by atoms with Gasteiger partial charge in [-0.3, -0.25) is 0 Å². The molecule has 0 aromatic heterocycles. The second-order valence-corrected chi connectivity index (χ2v) is 10.3. The fourth-order valence-electron chi connectivity index (χ4n) is 5.19. The van der Waals surface area contributed by atoms with Gasteiger partial charge in [-0.05, 0) is 24.3 Å². The summed E-state index contributed by atoms with van der Waals surface area (Å²) >= 11 is 0. The van der Waals surface area contributed by atoms with Crippen molar-refractivity contribution < 1.29 is 17.1 Å². The molecule has 5 heteroatoms. The molecule has 0 saturated heterocycles. The van der Waals surface area contributed by atoms with Crippen LogP contribution in [0.15, 0.2) is 190 Å². The molecule has 1 heterocycles. The molecule has 0 saturated carbocycles. The Bertz CT molecular complexity index is 1730. The largest absolute Gasteiger partial charge is 2.00 e. The molecule has 45 heavy (non-hydrogen) atoms. The van der Waals surface area contributed by atoms with Crippen molar-refractivity contribution in [1.82, 2.24) is 0 Å². The van der Waals surface area contributed by atoms with Crippen molar-refractivity contribution >= 4 is 45.6 Å². The van der Waals surface area contributed by atoms with E-state index in [9.17, 15) is 0 Å². The molecule has 0 fully saturated rings. The van der Waals surface area contributed by atoms with Gasteiger partial charge in [0, 0.05) is 22.3 Å².